The van der Waals surface area contributed by atoms with Crippen LogP contribution in [0.3, 0.4) is 0 Å². The summed E-state index contributed by atoms with van der Waals surface area (Å²) in [7, 11) is 0. The number of nitrogens with one attached hydrogen (secondary N) is 2. The number of piperidine rings is 1. The highest BCUT2D eigenvalue weighted by Crippen LogP contribution is 2.35. The molecule has 0 spiro atoms. The largest absolute Gasteiger partial charge is 0.344 e. The van der Waals surface area contributed by atoms with E-state index in [-0.39, 0.29) is 11.9 Å². The minimum absolute atomic E-state index is 0.234. The number of anilines is 1. The van der Waals surface area contributed by atoms with Crippen LogP contribution >= 0.6 is 11.6 Å². The molecule has 3 amide bonds. The van der Waals surface area contributed by atoms with Crippen LogP contribution in [0.2, 0.25) is 5.02 Å². The summed E-state index contributed by atoms with van der Waals surface area (Å²) in [6.07, 6.45) is 4.52. The Hall–Kier alpha value is -2.05. The highest BCUT2D eigenvalue weighted by Gasteiger charge is 2.27. The van der Waals surface area contributed by atoms with Gasteiger partial charge in [-0.3, -0.25) is 15.0 Å². The number of fused-ring (bicyclic) bond motifs is 1. The molecular weight excluding hydrogens is 328 g/mol. The summed E-state index contributed by atoms with van der Waals surface area (Å²) in [5.41, 5.74) is 1.80. The van der Waals surface area contributed by atoms with Crippen LogP contribution in [0.4, 0.5) is 10.5 Å². The van der Waals surface area contributed by atoms with Crippen molar-refractivity contribution < 1.29 is 9.59 Å². The summed E-state index contributed by atoms with van der Waals surface area (Å²) in [5.74, 6) is -0.234. The lowest BCUT2D eigenvalue weighted by molar-refractivity contribution is -0.120. The number of urea groups is 1. The summed E-state index contributed by atoms with van der Waals surface area (Å²) in [5, 5.41) is 7.33. The molecule has 3 heterocycles. The van der Waals surface area contributed by atoms with E-state index in [2.05, 4.69) is 21.4 Å². The van der Waals surface area contributed by atoms with Gasteiger partial charge in [-0.25, -0.2) is 4.79 Å². The first-order valence-electron chi connectivity index (χ1n) is 8.25. The van der Waals surface area contributed by atoms with Gasteiger partial charge in [0.2, 0.25) is 5.91 Å². The van der Waals surface area contributed by atoms with E-state index in [9.17, 15) is 9.59 Å². The van der Waals surface area contributed by atoms with Crippen molar-refractivity contribution in [2.24, 2.45) is 0 Å². The van der Waals surface area contributed by atoms with Crippen LogP contribution in [0.25, 0.3) is 10.9 Å². The Morgan fingerprint density at radius 2 is 1.96 bits per heavy atom. The van der Waals surface area contributed by atoms with Gasteiger partial charge in [-0.2, -0.15) is 0 Å². The van der Waals surface area contributed by atoms with Gasteiger partial charge in [0.25, 0.3) is 0 Å². The zero-order valence-corrected chi connectivity index (χ0v) is 14.0. The maximum atomic E-state index is 12.2. The number of amides is 3. The molecule has 2 aliphatic heterocycles. The van der Waals surface area contributed by atoms with Crippen LogP contribution in [0.5, 0.6) is 0 Å². The quantitative estimate of drug-likeness (QED) is 0.878. The van der Waals surface area contributed by atoms with Gasteiger partial charge in [-0.1, -0.05) is 11.6 Å². The van der Waals surface area contributed by atoms with Crippen molar-refractivity contribution in [1.82, 2.24) is 15.2 Å². The minimum atomic E-state index is -0.385. The van der Waals surface area contributed by atoms with Crippen molar-refractivity contribution in [3.63, 3.8) is 0 Å². The molecular formula is C17H19ClN4O2. The molecule has 0 radical (unpaired) electrons. The molecule has 7 heteroatoms. The first-order valence-corrected chi connectivity index (χ1v) is 8.63. The van der Waals surface area contributed by atoms with Crippen LogP contribution in [0, 0.1) is 0 Å². The molecule has 6 nitrogen and oxygen atoms in total. The Balaban J connectivity index is 1.78. The van der Waals surface area contributed by atoms with E-state index in [1.54, 1.807) is 11.0 Å². The maximum absolute atomic E-state index is 12.2. The molecule has 0 atom stereocenters. The van der Waals surface area contributed by atoms with E-state index in [1.165, 1.54) is 0 Å². The second-order valence-corrected chi connectivity index (χ2v) is 6.75. The van der Waals surface area contributed by atoms with Gasteiger partial charge in [0, 0.05) is 35.6 Å². The molecule has 24 heavy (non-hydrogen) atoms. The van der Waals surface area contributed by atoms with E-state index in [0.29, 0.717) is 24.0 Å². The standard InChI is InChI=1S/C17H19ClN4O2/c18-11-9-14-13(3-7-21(14)12-1-5-19-6-2-12)15(10-11)22-8-4-16(23)20-17(22)24/h3,7,9-10,12,19H,1-2,4-6,8H2,(H,20,23,24). The fourth-order valence-electron chi connectivity index (χ4n) is 3.63. The van der Waals surface area contributed by atoms with Gasteiger partial charge in [-0.05, 0) is 44.1 Å². The summed E-state index contributed by atoms with van der Waals surface area (Å²) >= 11 is 6.34. The average Bonchev–Trinajstić information content (AvgIpc) is 2.99. The smallest absolute Gasteiger partial charge is 0.328 e. The number of carbonyl (C=O) groups is 2. The van der Waals surface area contributed by atoms with E-state index < -0.39 is 0 Å². The highest BCUT2D eigenvalue weighted by atomic mass is 35.5. The van der Waals surface area contributed by atoms with Crippen LogP contribution in [0.1, 0.15) is 25.3 Å². The molecule has 0 aliphatic carbocycles. The molecule has 2 saturated heterocycles. The van der Waals surface area contributed by atoms with E-state index in [4.69, 9.17) is 11.6 Å². The predicted molar refractivity (Wildman–Crippen MR) is 93.6 cm³/mol. The van der Waals surface area contributed by atoms with Crippen molar-refractivity contribution >= 4 is 40.1 Å². The van der Waals surface area contributed by atoms with E-state index in [1.807, 2.05) is 12.1 Å². The summed E-state index contributed by atoms with van der Waals surface area (Å²) in [6.45, 7) is 2.39. The van der Waals surface area contributed by atoms with Gasteiger partial charge < -0.3 is 9.88 Å². The highest BCUT2D eigenvalue weighted by molar-refractivity contribution is 6.32. The van der Waals surface area contributed by atoms with Crippen LogP contribution in [0.15, 0.2) is 24.4 Å². The summed E-state index contributed by atoms with van der Waals surface area (Å²) in [4.78, 5) is 25.2. The molecule has 2 aromatic rings. The second-order valence-electron chi connectivity index (χ2n) is 6.32. The molecule has 126 valence electrons. The number of nitrogens with zero attached hydrogens (tertiary/aromatic N) is 2. The van der Waals surface area contributed by atoms with Crippen molar-refractivity contribution in [1.29, 1.82) is 0 Å². The van der Waals surface area contributed by atoms with Crippen LogP contribution in [-0.4, -0.2) is 36.1 Å². The molecule has 1 aromatic heterocycles. The SMILES string of the molecule is O=C1CCN(c2cc(Cl)cc3c2ccn3C2CCNCC2)C(=O)N1. The lowest BCUT2D eigenvalue weighted by atomic mass is 10.1. The molecule has 0 unspecified atom stereocenters. The van der Waals surface area contributed by atoms with Crippen molar-refractivity contribution in [3.05, 3.63) is 29.4 Å². The first kappa shape index (κ1) is 15.5. The fourth-order valence-corrected chi connectivity index (χ4v) is 3.84. The Labute approximate surface area is 144 Å². The van der Waals surface area contributed by atoms with Crippen molar-refractivity contribution in [2.75, 3.05) is 24.5 Å². The maximum Gasteiger partial charge on any atom is 0.328 e. The van der Waals surface area contributed by atoms with Gasteiger partial charge in [0.15, 0.2) is 0 Å². The lowest BCUT2D eigenvalue weighted by Crippen LogP contribution is -2.49. The molecule has 0 saturated carbocycles. The minimum Gasteiger partial charge on any atom is -0.344 e. The molecule has 1 aromatic carbocycles. The number of carbonyl (C=O) groups excluding carboxylic acids is 2. The third-order valence-corrected chi connectivity index (χ3v) is 5.05. The number of hydrogen-bond acceptors (Lipinski definition) is 3. The Kier molecular flexibility index (Phi) is 3.94. The lowest BCUT2D eigenvalue weighted by Gasteiger charge is -2.28. The Morgan fingerprint density at radius 3 is 2.71 bits per heavy atom. The number of halogens is 1. The number of rotatable bonds is 2. The Morgan fingerprint density at radius 1 is 1.17 bits per heavy atom. The number of aromatic nitrogens is 1. The first-order chi connectivity index (χ1) is 11.6. The zero-order chi connectivity index (χ0) is 16.7. The van der Waals surface area contributed by atoms with Crippen molar-refractivity contribution in [2.45, 2.75) is 25.3 Å². The van der Waals surface area contributed by atoms with Gasteiger partial charge in [-0.15, -0.1) is 0 Å². The van der Waals surface area contributed by atoms with Crippen LogP contribution in [-0.2, 0) is 4.79 Å². The Bertz CT molecular complexity index is 810. The molecule has 2 N–H and O–H groups in total. The second kappa shape index (κ2) is 6.11. The predicted octanol–water partition coefficient (Wildman–Crippen LogP) is 2.67. The summed E-state index contributed by atoms with van der Waals surface area (Å²) < 4.78 is 2.26. The van der Waals surface area contributed by atoms with Crippen molar-refractivity contribution in [3.8, 4) is 0 Å². The zero-order valence-electron chi connectivity index (χ0n) is 13.2. The van der Waals surface area contributed by atoms with Gasteiger partial charge >= 0.3 is 6.03 Å². The van der Waals surface area contributed by atoms with Crippen LogP contribution < -0.4 is 15.5 Å². The van der Waals surface area contributed by atoms with E-state index >= 15 is 0 Å². The molecule has 0 bridgehead atoms. The monoisotopic (exact) mass is 346 g/mol. The normalized spacial score (nSPS) is 19.8. The van der Waals surface area contributed by atoms with Gasteiger partial charge in [0.1, 0.15) is 0 Å². The number of benzene rings is 1. The molecule has 4 rings (SSSR count). The third-order valence-electron chi connectivity index (χ3n) is 4.83. The molecule has 2 aliphatic rings. The fraction of sp³-hybridized carbons (Fsp3) is 0.412. The van der Waals surface area contributed by atoms with Gasteiger partial charge in [0.05, 0.1) is 11.2 Å². The topological polar surface area (TPSA) is 66.4 Å². The number of imide groups is 1. The average molecular weight is 347 g/mol. The third kappa shape index (κ3) is 2.65. The molecule has 2 fully saturated rings. The summed E-state index contributed by atoms with van der Waals surface area (Å²) in [6, 6.07) is 5.84. The number of hydrogen-bond donors (Lipinski definition) is 2. The van der Waals surface area contributed by atoms with E-state index in [0.717, 1.165) is 42.5 Å².